The van der Waals surface area contributed by atoms with E-state index in [-0.39, 0.29) is 26.2 Å². The van der Waals surface area contributed by atoms with E-state index in [9.17, 15) is 14.7 Å². The lowest BCUT2D eigenvalue weighted by Gasteiger charge is -2.48. The number of nitrogens with one attached hydrogen (secondary N) is 1. The summed E-state index contributed by atoms with van der Waals surface area (Å²) in [6.07, 6.45) is 3.21. The van der Waals surface area contributed by atoms with Crippen molar-refractivity contribution in [2.24, 2.45) is 0 Å². The first-order chi connectivity index (χ1) is 12.5. The van der Waals surface area contributed by atoms with E-state index in [1.54, 1.807) is 6.20 Å². The van der Waals surface area contributed by atoms with Crippen LogP contribution < -0.4 is 10.2 Å². The number of aliphatic hydroxyl groups is 1. The first-order valence-electron chi connectivity index (χ1n) is 8.01. The van der Waals surface area contributed by atoms with Crippen LogP contribution in [0.25, 0.3) is 0 Å². The van der Waals surface area contributed by atoms with Gasteiger partial charge in [-0.05, 0) is 21.5 Å². The molecule has 1 aromatic carbocycles. The number of hydrogen-bond acceptors (Lipinski definition) is 6. The minimum absolute atomic E-state index is 0.0657. The van der Waals surface area contributed by atoms with E-state index in [1.807, 2.05) is 35.2 Å². The number of nitrogens with zero attached hydrogens (tertiary/aromatic N) is 2. The fourth-order valence-electron chi connectivity index (χ4n) is 2.81. The molecule has 1 aliphatic heterocycles. The first-order valence-corrected chi connectivity index (χ1v) is 8.81. The van der Waals surface area contributed by atoms with Gasteiger partial charge in [0.05, 0.1) is 35.4 Å². The van der Waals surface area contributed by atoms with E-state index < -0.39 is 11.7 Å². The SMILES string of the molecule is O=Cc1cncc(Br)c1N1CC(O)(CNC(=O)OCc2ccccc2)C1. The zero-order valence-electron chi connectivity index (χ0n) is 13.9. The van der Waals surface area contributed by atoms with Gasteiger partial charge >= 0.3 is 6.09 Å². The molecule has 1 aliphatic rings. The molecule has 26 heavy (non-hydrogen) atoms. The lowest BCUT2D eigenvalue weighted by Crippen LogP contribution is -2.66. The Morgan fingerprint density at radius 2 is 2.08 bits per heavy atom. The highest BCUT2D eigenvalue weighted by Gasteiger charge is 2.43. The fraction of sp³-hybridized carbons (Fsp3) is 0.278. The van der Waals surface area contributed by atoms with Crippen molar-refractivity contribution >= 4 is 34.0 Å². The van der Waals surface area contributed by atoms with Crippen molar-refractivity contribution in [2.45, 2.75) is 12.2 Å². The molecule has 3 rings (SSSR count). The number of β-amino-alcohol motifs (C(OH)–C–C–N with tert-alkyl or cyclic N) is 1. The number of alkyl carbamates (subject to hydrolysis) is 1. The molecule has 0 spiro atoms. The van der Waals surface area contributed by atoms with Gasteiger partial charge in [0, 0.05) is 12.4 Å². The monoisotopic (exact) mass is 419 g/mol. The van der Waals surface area contributed by atoms with E-state index in [1.165, 1.54) is 6.20 Å². The molecular formula is C18H18BrN3O4. The molecule has 2 aromatic rings. The van der Waals surface area contributed by atoms with Gasteiger partial charge in [-0.1, -0.05) is 30.3 Å². The molecular weight excluding hydrogens is 402 g/mol. The van der Waals surface area contributed by atoms with Crippen LogP contribution in [-0.2, 0) is 11.3 Å². The summed E-state index contributed by atoms with van der Waals surface area (Å²) >= 11 is 3.37. The molecule has 1 saturated heterocycles. The lowest BCUT2D eigenvalue weighted by molar-refractivity contribution is 0.0115. The van der Waals surface area contributed by atoms with Crippen molar-refractivity contribution in [3.05, 3.63) is 58.3 Å². The number of carbonyl (C=O) groups excluding carboxylic acids is 2. The van der Waals surface area contributed by atoms with E-state index in [0.29, 0.717) is 15.7 Å². The second-order valence-corrected chi connectivity index (χ2v) is 7.03. The van der Waals surface area contributed by atoms with Gasteiger partial charge in [0.1, 0.15) is 12.2 Å². The summed E-state index contributed by atoms with van der Waals surface area (Å²) < 4.78 is 5.80. The molecule has 0 radical (unpaired) electrons. The maximum absolute atomic E-state index is 11.8. The van der Waals surface area contributed by atoms with Crippen LogP contribution >= 0.6 is 15.9 Å². The molecule has 0 unspecified atom stereocenters. The van der Waals surface area contributed by atoms with Crippen molar-refractivity contribution in [1.82, 2.24) is 10.3 Å². The van der Waals surface area contributed by atoms with E-state index in [2.05, 4.69) is 26.2 Å². The highest BCUT2D eigenvalue weighted by atomic mass is 79.9. The minimum Gasteiger partial charge on any atom is -0.445 e. The third kappa shape index (κ3) is 4.20. The van der Waals surface area contributed by atoms with E-state index in [0.717, 1.165) is 11.8 Å². The number of anilines is 1. The summed E-state index contributed by atoms with van der Waals surface area (Å²) in [5.41, 5.74) is 0.942. The molecule has 1 amide bonds. The number of aldehydes is 1. The van der Waals surface area contributed by atoms with Gasteiger partial charge in [0.25, 0.3) is 0 Å². The third-order valence-electron chi connectivity index (χ3n) is 4.09. The summed E-state index contributed by atoms with van der Waals surface area (Å²) in [5, 5.41) is 13.1. The number of rotatable bonds is 6. The van der Waals surface area contributed by atoms with Gasteiger partial charge in [-0.2, -0.15) is 0 Å². The Balaban J connectivity index is 1.48. The first kappa shape index (κ1) is 18.3. The van der Waals surface area contributed by atoms with Crippen LogP contribution in [0.3, 0.4) is 0 Å². The Kier molecular flexibility index (Phi) is 5.53. The van der Waals surface area contributed by atoms with Crippen LogP contribution in [-0.4, -0.2) is 47.7 Å². The van der Waals surface area contributed by atoms with Gasteiger partial charge < -0.3 is 20.1 Å². The quantitative estimate of drug-likeness (QED) is 0.696. The molecule has 0 bridgehead atoms. The number of aromatic nitrogens is 1. The highest BCUT2D eigenvalue weighted by molar-refractivity contribution is 9.10. The molecule has 1 fully saturated rings. The van der Waals surface area contributed by atoms with Crippen LogP contribution in [0.4, 0.5) is 10.5 Å². The van der Waals surface area contributed by atoms with E-state index in [4.69, 9.17) is 4.74 Å². The number of amides is 1. The van der Waals surface area contributed by atoms with Gasteiger partial charge in [-0.25, -0.2) is 4.79 Å². The number of ether oxygens (including phenoxy) is 1. The van der Waals surface area contributed by atoms with Gasteiger partial charge in [0.2, 0.25) is 0 Å². The number of hydrogen-bond donors (Lipinski definition) is 2. The number of halogens is 1. The molecule has 7 nitrogen and oxygen atoms in total. The van der Waals surface area contributed by atoms with Crippen molar-refractivity contribution in [3.63, 3.8) is 0 Å². The van der Waals surface area contributed by atoms with Crippen LogP contribution in [0.15, 0.2) is 47.2 Å². The summed E-state index contributed by atoms with van der Waals surface area (Å²) in [4.78, 5) is 28.8. The zero-order chi connectivity index (χ0) is 18.6. The summed E-state index contributed by atoms with van der Waals surface area (Å²) in [7, 11) is 0. The van der Waals surface area contributed by atoms with Crippen molar-refractivity contribution in [1.29, 1.82) is 0 Å². The lowest BCUT2D eigenvalue weighted by atomic mass is 9.93. The summed E-state index contributed by atoms with van der Waals surface area (Å²) in [6.45, 7) is 0.810. The standard InChI is InChI=1S/C18H18BrN3O4/c19-15-7-20-6-14(8-23)16(15)22-11-18(25,12-22)10-21-17(24)26-9-13-4-2-1-3-5-13/h1-8,25H,9-12H2,(H,21,24). The number of benzene rings is 1. The normalized spacial score (nSPS) is 15.1. The Bertz CT molecular complexity index is 794. The molecule has 2 heterocycles. The van der Waals surface area contributed by atoms with Crippen LogP contribution in [0, 0.1) is 0 Å². The summed E-state index contributed by atoms with van der Waals surface area (Å²) in [5.74, 6) is 0. The van der Waals surface area contributed by atoms with Crippen LogP contribution in [0.5, 0.6) is 0 Å². The average Bonchev–Trinajstić information content (AvgIpc) is 2.63. The topological polar surface area (TPSA) is 91.8 Å². The maximum Gasteiger partial charge on any atom is 0.407 e. The zero-order valence-corrected chi connectivity index (χ0v) is 15.5. The molecule has 2 N–H and O–H groups in total. The third-order valence-corrected chi connectivity index (χ3v) is 4.67. The second kappa shape index (κ2) is 7.84. The van der Waals surface area contributed by atoms with Gasteiger partial charge in [-0.3, -0.25) is 9.78 Å². The Morgan fingerprint density at radius 3 is 2.77 bits per heavy atom. The molecule has 0 saturated carbocycles. The van der Waals surface area contributed by atoms with Gasteiger partial charge in [-0.15, -0.1) is 0 Å². The van der Waals surface area contributed by atoms with Gasteiger partial charge in [0.15, 0.2) is 6.29 Å². The molecule has 136 valence electrons. The molecule has 0 atom stereocenters. The van der Waals surface area contributed by atoms with E-state index >= 15 is 0 Å². The molecule has 0 aliphatic carbocycles. The minimum atomic E-state index is -1.07. The molecule has 1 aromatic heterocycles. The van der Waals surface area contributed by atoms with Crippen molar-refractivity contribution in [3.8, 4) is 0 Å². The largest absolute Gasteiger partial charge is 0.445 e. The number of carbonyl (C=O) groups is 2. The number of pyridine rings is 1. The Hall–Kier alpha value is -2.45. The average molecular weight is 420 g/mol. The Morgan fingerprint density at radius 1 is 1.35 bits per heavy atom. The smallest absolute Gasteiger partial charge is 0.407 e. The van der Waals surface area contributed by atoms with Crippen LogP contribution in [0.1, 0.15) is 15.9 Å². The van der Waals surface area contributed by atoms with Crippen molar-refractivity contribution in [2.75, 3.05) is 24.5 Å². The maximum atomic E-state index is 11.8. The fourth-order valence-corrected chi connectivity index (χ4v) is 3.41. The second-order valence-electron chi connectivity index (χ2n) is 6.17. The highest BCUT2D eigenvalue weighted by Crippen LogP contribution is 2.34. The van der Waals surface area contributed by atoms with Crippen LogP contribution in [0.2, 0.25) is 0 Å². The summed E-state index contributed by atoms with van der Waals surface area (Å²) in [6, 6.07) is 9.35. The molecule has 8 heteroatoms. The predicted molar refractivity (Wildman–Crippen MR) is 99.1 cm³/mol. The predicted octanol–water partition coefficient (Wildman–Crippen LogP) is 2.13. The van der Waals surface area contributed by atoms with Crippen molar-refractivity contribution < 1.29 is 19.4 Å². The Labute approximate surface area is 159 Å².